The molecule has 1 heterocycles. The molecule has 0 bridgehead atoms. The molecule has 7 nitrogen and oxygen atoms in total. The third kappa shape index (κ3) is 3.92. The molecule has 2 N–H and O–H groups in total. The summed E-state index contributed by atoms with van der Waals surface area (Å²) in [6, 6.07) is 13.4. The third-order valence-electron chi connectivity index (χ3n) is 3.75. The largest absolute Gasteiger partial charge is 0.496 e. The topological polar surface area (TPSA) is 103 Å². The summed E-state index contributed by atoms with van der Waals surface area (Å²) in [5.74, 6) is -0.0536. The lowest BCUT2D eigenvalue weighted by molar-refractivity contribution is 0.411. The second kappa shape index (κ2) is 8.45. The van der Waals surface area contributed by atoms with Gasteiger partial charge in [0.1, 0.15) is 23.2 Å². The lowest BCUT2D eigenvalue weighted by Gasteiger charge is -2.07. The van der Waals surface area contributed by atoms with Crippen LogP contribution in [0.4, 0.5) is 10.3 Å². The molecule has 0 radical (unpaired) electrons. The van der Waals surface area contributed by atoms with Crippen LogP contribution in [0.1, 0.15) is 11.1 Å². The van der Waals surface area contributed by atoms with Crippen molar-refractivity contribution < 1.29 is 9.13 Å². The molecule has 0 aliphatic heterocycles. The van der Waals surface area contributed by atoms with E-state index in [4.69, 9.17) is 4.74 Å². The summed E-state index contributed by atoms with van der Waals surface area (Å²) in [4.78, 5) is 18.9. The molecule has 0 spiro atoms. The van der Waals surface area contributed by atoms with Gasteiger partial charge in [-0.25, -0.2) is 14.8 Å². The smallest absolute Gasteiger partial charge is 0.270 e. The molecule has 0 aliphatic rings. The maximum absolute atomic E-state index is 14.0. The zero-order valence-electron chi connectivity index (χ0n) is 14.5. The standard InChI is InChI=1S/C19H13BrFN5O2/c1-28-15-8-7-14(21)13(16(15)20)10-23-26-19-24-17(11-5-3-2-4-6-11)12(9-22)18(27)25-19/h2-8,10H,1H3,(H2,24,25,26,27). The van der Waals surface area contributed by atoms with Crippen LogP contribution in [0.2, 0.25) is 0 Å². The molecule has 0 atom stereocenters. The highest BCUT2D eigenvalue weighted by molar-refractivity contribution is 9.10. The first-order valence-corrected chi connectivity index (χ1v) is 8.75. The maximum Gasteiger partial charge on any atom is 0.270 e. The molecule has 1 aromatic heterocycles. The van der Waals surface area contributed by atoms with Gasteiger partial charge in [-0.2, -0.15) is 10.4 Å². The Kier molecular flexibility index (Phi) is 5.81. The van der Waals surface area contributed by atoms with Crippen LogP contribution in [0.3, 0.4) is 0 Å². The van der Waals surface area contributed by atoms with Gasteiger partial charge in [-0.15, -0.1) is 0 Å². The van der Waals surface area contributed by atoms with Crippen LogP contribution in [0, 0.1) is 17.1 Å². The van der Waals surface area contributed by atoms with Crippen molar-refractivity contribution in [2.45, 2.75) is 0 Å². The molecule has 3 aromatic rings. The fraction of sp³-hybridized carbons (Fsp3) is 0.0526. The van der Waals surface area contributed by atoms with Crippen molar-refractivity contribution >= 4 is 28.1 Å². The minimum absolute atomic E-state index is 0.0125. The Labute approximate surface area is 167 Å². The lowest BCUT2D eigenvalue weighted by Crippen LogP contribution is -2.16. The molecule has 140 valence electrons. The Bertz CT molecular complexity index is 1140. The van der Waals surface area contributed by atoms with Gasteiger partial charge in [-0.05, 0) is 28.1 Å². The van der Waals surface area contributed by atoms with E-state index in [2.05, 4.69) is 36.4 Å². The van der Waals surface area contributed by atoms with Crippen molar-refractivity contribution in [2.75, 3.05) is 12.5 Å². The lowest BCUT2D eigenvalue weighted by atomic mass is 10.1. The molecule has 0 saturated heterocycles. The first-order chi connectivity index (χ1) is 13.5. The van der Waals surface area contributed by atoms with Gasteiger partial charge in [0, 0.05) is 11.1 Å². The van der Waals surface area contributed by atoms with E-state index in [1.807, 2.05) is 12.1 Å². The van der Waals surface area contributed by atoms with Crippen LogP contribution in [0.25, 0.3) is 11.3 Å². The molecule has 0 unspecified atom stereocenters. The second-order valence-electron chi connectivity index (χ2n) is 5.46. The molecule has 0 amide bonds. The van der Waals surface area contributed by atoms with Crippen molar-refractivity contribution in [3.63, 3.8) is 0 Å². The number of ether oxygens (including phenoxy) is 1. The fourth-order valence-electron chi connectivity index (χ4n) is 2.42. The monoisotopic (exact) mass is 441 g/mol. The van der Waals surface area contributed by atoms with Crippen molar-refractivity contribution in [1.29, 1.82) is 5.26 Å². The summed E-state index contributed by atoms with van der Waals surface area (Å²) in [5, 5.41) is 13.2. The fourth-order valence-corrected chi connectivity index (χ4v) is 3.00. The van der Waals surface area contributed by atoms with Gasteiger partial charge in [0.25, 0.3) is 5.56 Å². The average Bonchev–Trinajstić information content (AvgIpc) is 2.71. The molecule has 9 heteroatoms. The number of aromatic amines is 1. The molecule has 3 rings (SSSR count). The number of benzene rings is 2. The Morgan fingerprint density at radius 2 is 2.07 bits per heavy atom. The summed E-state index contributed by atoms with van der Waals surface area (Å²) in [6.45, 7) is 0. The average molecular weight is 442 g/mol. The van der Waals surface area contributed by atoms with E-state index < -0.39 is 11.4 Å². The number of methoxy groups -OCH3 is 1. The van der Waals surface area contributed by atoms with Crippen molar-refractivity contribution in [2.24, 2.45) is 5.10 Å². The maximum atomic E-state index is 14.0. The zero-order valence-corrected chi connectivity index (χ0v) is 16.1. The Morgan fingerprint density at radius 1 is 1.32 bits per heavy atom. The summed E-state index contributed by atoms with van der Waals surface area (Å²) in [5.41, 5.74) is 2.82. The summed E-state index contributed by atoms with van der Waals surface area (Å²) >= 11 is 3.26. The van der Waals surface area contributed by atoms with Crippen molar-refractivity contribution in [1.82, 2.24) is 9.97 Å². The summed E-state index contributed by atoms with van der Waals surface area (Å²) in [7, 11) is 1.47. The first-order valence-electron chi connectivity index (χ1n) is 7.96. The number of nitrogens with one attached hydrogen (secondary N) is 2. The van der Waals surface area contributed by atoms with Crippen molar-refractivity contribution in [3.05, 3.63) is 74.2 Å². The third-order valence-corrected chi connectivity index (χ3v) is 4.57. The van der Waals surface area contributed by atoms with Gasteiger partial charge < -0.3 is 4.74 Å². The van der Waals surface area contributed by atoms with Crippen LogP contribution in [0.15, 0.2) is 56.8 Å². The Hall–Kier alpha value is -3.51. The SMILES string of the molecule is COc1ccc(F)c(C=NNc2nc(-c3ccccc3)c(C#N)c(=O)[nH]2)c1Br. The predicted octanol–water partition coefficient (Wildman–Crippen LogP) is 3.66. The van der Waals surface area contributed by atoms with Gasteiger partial charge in [0.15, 0.2) is 0 Å². The number of halogens is 2. The number of anilines is 1. The van der Waals surface area contributed by atoms with Crippen LogP contribution in [-0.4, -0.2) is 23.3 Å². The molecular formula is C19H13BrFN5O2. The Morgan fingerprint density at radius 3 is 2.75 bits per heavy atom. The van der Waals surface area contributed by atoms with Gasteiger partial charge in [-0.3, -0.25) is 9.78 Å². The van der Waals surface area contributed by atoms with E-state index in [-0.39, 0.29) is 22.8 Å². The van der Waals surface area contributed by atoms with Crippen LogP contribution in [0.5, 0.6) is 5.75 Å². The van der Waals surface area contributed by atoms with E-state index in [9.17, 15) is 14.4 Å². The normalized spacial score (nSPS) is 10.6. The number of nitriles is 1. The van der Waals surface area contributed by atoms with Crippen LogP contribution < -0.4 is 15.7 Å². The number of aromatic nitrogens is 2. The van der Waals surface area contributed by atoms with E-state index in [1.54, 1.807) is 24.3 Å². The molecule has 0 aliphatic carbocycles. The predicted molar refractivity (Wildman–Crippen MR) is 107 cm³/mol. The van der Waals surface area contributed by atoms with Crippen LogP contribution in [-0.2, 0) is 0 Å². The summed E-state index contributed by atoms with van der Waals surface area (Å²) in [6.07, 6.45) is 1.22. The highest BCUT2D eigenvalue weighted by Gasteiger charge is 2.13. The zero-order chi connectivity index (χ0) is 20.1. The highest BCUT2D eigenvalue weighted by atomic mass is 79.9. The minimum Gasteiger partial charge on any atom is -0.496 e. The van der Waals surface area contributed by atoms with E-state index >= 15 is 0 Å². The number of hydrogen-bond donors (Lipinski definition) is 2. The Balaban J connectivity index is 1.95. The molecular weight excluding hydrogens is 429 g/mol. The van der Waals surface area contributed by atoms with E-state index in [1.165, 1.54) is 25.5 Å². The minimum atomic E-state index is -0.609. The van der Waals surface area contributed by atoms with Gasteiger partial charge in [-0.1, -0.05) is 30.3 Å². The molecule has 2 aromatic carbocycles. The van der Waals surface area contributed by atoms with E-state index in [0.717, 1.165) is 0 Å². The molecule has 0 fully saturated rings. The molecule has 0 saturated carbocycles. The van der Waals surface area contributed by atoms with Gasteiger partial charge in [0.05, 0.1) is 23.5 Å². The highest BCUT2D eigenvalue weighted by Crippen LogP contribution is 2.29. The second-order valence-corrected chi connectivity index (χ2v) is 6.26. The van der Waals surface area contributed by atoms with Crippen LogP contribution >= 0.6 is 15.9 Å². The number of H-pyrrole nitrogens is 1. The van der Waals surface area contributed by atoms with Gasteiger partial charge >= 0.3 is 0 Å². The molecule has 28 heavy (non-hydrogen) atoms. The van der Waals surface area contributed by atoms with E-state index in [0.29, 0.717) is 15.8 Å². The number of rotatable bonds is 5. The first kappa shape index (κ1) is 19.3. The van der Waals surface area contributed by atoms with Gasteiger partial charge in [0.2, 0.25) is 5.95 Å². The summed E-state index contributed by atoms with van der Waals surface area (Å²) < 4.78 is 19.5. The number of hydrazone groups is 1. The number of nitrogens with zero attached hydrogens (tertiary/aromatic N) is 3. The van der Waals surface area contributed by atoms with Crippen molar-refractivity contribution in [3.8, 4) is 23.1 Å². The number of hydrogen-bond acceptors (Lipinski definition) is 6. The quantitative estimate of drug-likeness (QED) is 0.464.